The van der Waals surface area contributed by atoms with Gasteiger partial charge in [0.15, 0.2) is 0 Å². The number of esters is 1. The maximum Gasteiger partial charge on any atom is 0.573 e. The molecule has 174 valence electrons. The molecule has 0 bridgehead atoms. The molecular weight excluding hydrogens is 455 g/mol. The predicted molar refractivity (Wildman–Crippen MR) is 96.1 cm³/mol. The molecule has 0 fully saturated rings. The average Bonchev–Trinajstić information content (AvgIpc) is 2.68. The number of methoxy groups -OCH3 is 1. The standard InChI is InChI=1S/C18H14F7N3O4/c1-31-14(29)16(17(20,21)22,27-12-4-2-10(19)3-5-12)28-15(30)26-11-6-8-13(9-7-11)32-18(23,24)25/h2-9,27H,1H3,(H2,26,28,30)/t16-/m1/s1. The van der Waals surface area contributed by atoms with Gasteiger partial charge in [0.1, 0.15) is 11.6 Å². The molecule has 0 aliphatic heterocycles. The van der Waals surface area contributed by atoms with Crippen LogP contribution in [0.2, 0.25) is 0 Å². The van der Waals surface area contributed by atoms with Gasteiger partial charge in [-0.3, -0.25) is 5.32 Å². The molecule has 3 N–H and O–H groups in total. The lowest BCUT2D eigenvalue weighted by molar-refractivity contribution is -0.274. The second-order valence-electron chi connectivity index (χ2n) is 6.02. The van der Waals surface area contributed by atoms with E-state index in [1.165, 1.54) is 5.32 Å². The highest BCUT2D eigenvalue weighted by Gasteiger charge is 2.63. The van der Waals surface area contributed by atoms with E-state index in [9.17, 15) is 40.3 Å². The van der Waals surface area contributed by atoms with Crippen LogP contribution in [0.25, 0.3) is 0 Å². The Kier molecular flexibility index (Phi) is 7.06. The minimum absolute atomic E-state index is 0.222. The summed E-state index contributed by atoms with van der Waals surface area (Å²) in [6, 6.07) is 5.27. The second-order valence-corrected chi connectivity index (χ2v) is 6.02. The van der Waals surface area contributed by atoms with E-state index in [-0.39, 0.29) is 11.4 Å². The van der Waals surface area contributed by atoms with Crippen molar-refractivity contribution in [1.82, 2.24) is 5.32 Å². The van der Waals surface area contributed by atoms with Crippen LogP contribution in [0.15, 0.2) is 48.5 Å². The third-order valence-corrected chi connectivity index (χ3v) is 3.74. The van der Waals surface area contributed by atoms with Gasteiger partial charge in [-0.2, -0.15) is 13.2 Å². The van der Waals surface area contributed by atoms with Crippen molar-refractivity contribution in [3.8, 4) is 5.75 Å². The van der Waals surface area contributed by atoms with Crippen molar-refractivity contribution in [1.29, 1.82) is 0 Å². The zero-order chi connectivity index (χ0) is 24.2. The molecule has 14 heteroatoms. The van der Waals surface area contributed by atoms with Gasteiger partial charge in [-0.15, -0.1) is 13.2 Å². The predicted octanol–water partition coefficient (Wildman–Crippen LogP) is 4.39. The lowest BCUT2D eigenvalue weighted by Crippen LogP contribution is -2.69. The minimum Gasteiger partial charge on any atom is -0.466 e. The van der Waals surface area contributed by atoms with Crippen LogP contribution in [0.5, 0.6) is 5.75 Å². The molecule has 0 unspecified atom stereocenters. The lowest BCUT2D eigenvalue weighted by atomic mass is 10.1. The Morgan fingerprint density at radius 1 is 0.844 bits per heavy atom. The number of carbonyl (C=O) groups excluding carboxylic acids is 2. The largest absolute Gasteiger partial charge is 0.573 e. The molecule has 0 saturated carbocycles. The zero-order valence-corrected chi connectivity index (χ0v) is 15.9. The Morgan fingerprint density at radius 2 is 1.38 bits per heavy atom. The first-order chi connectivity index (χ1) is 14.8. The molecular formula is C18H14F7N3O4. The molecule has 2 aromatic rings. The number of nitrogens with one attached hydrogen (secondary N) is 3. The summed E-state index contributed by atoms with van der Waals surface area (Å²) in [5, 5.41) is 5.14. The van der Waals surface area contributed by atoms with Crippen molar-refractivity contribution in [2.75, 3.05) is 17.7 Å². The summed E-state index contributed by atoms with van der Waals surface area (Å²) in [5.74, 6) is -3.35. The summed E-state index contributed by atoms with van der Waals surface area (Å²) < 4.78 is 99.1. The van der Waals surface area contributed by atoms with Gasteiger partial charge in [0, 0.05) is 11.4 Å². The fraction of sp³-hybridized carbons (Fsp3) is 0.222. The van der Waals surface area contributed by atoms with Crippen LogP contribution in [0, 0.1) is 5.82 Å². The number of hydrogen-bond acceptors (Lipinski definition) is 5. The molecule has 7 nitrogen and oxygen atoms in total. The summed E-state index contributed by atoms with van der Waals surface area (Å²) in [4.78, 5) is 24.3. The highest BCUT2D eigenvalue weighted by molar-refractivity contribution is 5.96. The summed E-state index contributed by atoms with van der Waals surface area (Å²) >= 11 is 0. The smallest absolute Gasteiger partial charge is 0.466 e. The van der Waals surface area contributed by atoms with Crippen molar-refractivity contribution in [3.05, 3.63) is 54.3 Å². The Balaban J connectivity index is 2.27. The molecule has 0 heterocycles. The number of benzene rings is 2. The van der Waals surface area contributed by atoms with Crippen LogP contribution in [0.1, 0.15) is 0 Å². The highest BCUT2D eigenvalue weighted by Crippen LogP contribution is 2.33. The number of carbonyl (C=O) groups is 2. The van der Waals surface area contributed by atoms with E-state index in [2.05, 4.69) is 9.47 Å². The summed E-state index contributed by atoms with van der Waals surface area (Å²) in [5.41, 5.74) is -4.40. The fourth-order valence-electron chi connectivity index (χ4n) is 2.37. The number of hydrogen-bond donors (Lipinski definition) is 3. The average molecular weight is 469 g/mol. The molecule has 0 saturated heterocycles. The van der Waals surface area contributed by atoms with Gasteiger partial charge in [-0.05, 0) is 48.5 Å². The Morgan fingerprint density at radius 3 is 1.84 bits per heavy atom. The van der Waals surface area contributed by atoms with E-state index in [0.717, 1.165) is 48.5 Å². The van der Waals surface area contributed by atoms with Crippen LogP contribution in [0.4, 0.5) is 46.9 Å². The molecule has 0 radical (unpaired) electrons. The van der Waals surface area contributed by atoms with Crippen LogP contribution < -0.4 is 20.7 Å². The minimum atomic E-state index is -5.45. The maximum atomic E-state index is 13.9. The van der Waals surface area contributed by atoms with Crippen LogP contribution >= 0.6 is 0 Å². The van der Waals surface area contributed by atoms with Gasteiger partial charge in [0.2, 0.25) is 0 Å². The summed E-state index contributed by atoms with van der Waals surface area (Å²) in [6.45, 7) is 0. The number of halogens is 7. The van der Waals surface area contributed by atoms with E-state index >= 15 is 0 Å². The fourth-order valence-corrected chi connectivity index (χ4v) is 2.37. The number of amides is 2. The highest BCUT2D eigenvalue weighted by atomic mass is 19.4. The van der Waals surface area contributed by atoms with Gasteiger partial charge < -0.3 is 20.1 Å². The second kappa shape index (κ2) is 9.20. The SMILES string of the molecule is COC(=O)[C@](NC(=O)Nc1ccc(OC(F)(F)F)cc1)(Nc1ccc(F)cc1)C(F)(F)F. The number of anilines is 2. The molecule has 0 aromatic heterocycles. The molecule has 2 amide bonds. The van der Waals surface area contributed by atoms with Gasteiger partial charge in [-0.1, -0.05) is 0 Å². The molecule has 0 aliphatic rings. The Hall–Kier alpha value is -3.71. The van der Waals surface area contributed by atoms with Crippen molar-refractivity contribution in [2.24, 2.45) is 0 Å². The van der Waals surface area contributed by atoms with E-state index < -0.39 is 41.8 Å². The van der Waals surface area contributed by atoms with Crippen molar-refractivity contribution < 1.29 is 49.8 Å². The van der Waals surface area contributed by atoms with E-state index in [1.807, 2.05) is 5.32 Å². The summed E-state index contributed by atoms with van der Waals surface area (Å²) in [7, 11) is 0.647. The van der Waals surface area contributed by atoms with Crippen LogP contribution in [-0.2, 0) is 9.53 Å². The first-order valence-corrected chi connectivity index (χ1v) is 8.39. The first kappa shape index (κ1) is 24.6. The Bertz CT molecular complexity index is 947. The molecule has 2 rings (SSSR count). The number of rotatable bonds is 6. The van der Waals surface area contributed by atoms with Crippen molar-refractivity contribution in [3.63, 3.8) is 0 Å². The number of alkyl halides is 6. The maximum absolute atomic E-state index is 13.9. The number of urea groups is 1. The Labute approximate surface area is 175 Å². The van der Waals surface area contributed by atoms with Gasteiger partial charge >= 0.3 is 30.2 Å². The van der Waals surface area contributed by atoms with Gasteiger partial charge in [-0.25, -0.2) is 14.0 Å². The molecule has 0 aliphatic carbocycles. The van der Waals surface area contributed by atoms with E-state index in [0.29, 0.717) is 7.11 Å². The zero-order valence-electron chi connectivity index (χ0n) is 15.9. The first-order valence-electron chi connectivity index (χ1n) is 8.39. The topological polar surface area (TPSA) is 88.7 Å². The lowest BCUT2D eigenvalue weighted by Gasteiger charge is -2.35. The third kappa shape index (κ3) is 6.15. The molecule has 32 heavy (non-hydrogen) atoms. The van der Waals surface area contributed by atoms with E-state index in [4.69, 9.17) is 0 Å². The third-order valence-electron chi connectivity index (χ3n) is 3.74. The van der Waals surface area contributed by atoms with Crippen molar-refractivity contribution in [2.45, 2.75) is 18.2 Å². The van der Waals surface area contributed by atoms with Crippen molar-refractivity contribution >= 4 is 23.4 Å². The molecule has 1 atom stereocenters. The number of ether oxygens (including phenoxy) is 2. The van der Waals surface area contributed by atoms with Gasteiger partial charge in [0.05, 0.1) is 7.11 Å². The normalized spacial score (nSPS) is 13.5. The van der Waals surface area contributed by atoms with E-state index in [1.54, 1.807) is 5.32 Å². The monoisotopic (exact) mass is 469 g/mol. The van der Waals surface area contributed by atoms with Crippen LogP contribution in [0.3, 0.4) is 0 Å². The van der Waals surface area contributed by atoms with Gasteiger partial charge in [0.25, 0.3) is 0 Å². The van der Waals surface area contributed by atoms with Crippen LogP contribution in [-0.4, -0.2) is 37.3 Å². The quantitative estimate of drug-likeness (QED) is 0.332. The summed E-state index contributed by atoms with van der Waals surface area (Å²) in [6.07, 6.45) is -10.4. The molecule has 0 spiro atoms. The molecule has 2 aromatic carbocycles.